The fourth-order valence-corrected chi connectivity index (χ4v) is 0.487. The molecule has 0 aromatic carbocycles. The second-order valence-corrected chi connectivity index (χ2v) is 1.61. The molecule has 0 amide bonds. The van der Waals surface area contributed by atoms with Crippen LogP contribution in [0.2, 0.25) is 0 Å². The van der Waals surface area contributed by atoms with Gasteiger partial charge >= 0.3 is 11.8 Å². The Balaban J connectivity index is 0.00000121. The first-order chi connectivity index (χ1) is 5.11. The summed E-state index contributed by atoms with van der Waals surface area (Å²) in [5.74, 6) is -1.12. The third-order valence-electron chi connectivity index (χ3n) is 0.919. The second kappa shape index (κ2) is 4.62. The van der Waals surface area contributed by atoms with E-state index in [-0.39, 0.29) is 51.4 Å². The minimum Gasteiger partial charge on any atom is -0.390 e. The number of hydrogen-bond donors (Lipinski definition) is 1. The van der Waals surface area contributed by atoms with E-state index >= 15 is 0 Å². The Morgan fingerprint density at radius 3 is 2.17 bits per heavy atom. The van der Waals surface area contributed by atoms with Crippen molar-refractivity contribution in [1.29, 1.82) is 0 Å². The van der Waals surface area contributed by atoms with E-state index < -0.39 is 21.6 Å². The van der Waals surface area contributed by atoms with Gasteiger partial charge in [0.2, 0.25) is 0 Å². The predicted molar refractivity (Wildman–Crippen MR) is 37.7 cm³/mol. The molecule has 1 aromatic rings. The van der Waals surface area contributed by atoms with Gasteiger partial charge in [-0.15, -0.1) is 0 Å². The van der Waals surface area contributed by atoms with E-state index in [0.29, 0.717) is 0 Å². The standard InChI is InChI=1S/C3H2N4O4.K/c8-6(9)2-1-4-3(5-2)7(10)11;/h1H,(H,4,5);. The summed E-state index contributed by atoms with van der Waals surface area (Å²) in [7, 11) is 0. The average molecular weight is 197 g/mol. The molecule has 0 saturated heterocycles. The molecular formula is C3H2KN4O4. The van der Waals surface area contributed by atoms with Crippen LogP contribution in [0.4, 0.5) is 11.8 Å². The molecule has 0 aliphatic heterocycles. The Labute approximate surface area is 108 Å². The molecule has 0 saturated carbocycles. The number of hydrogen-bond acceptors (Lipinski definition) is 5. The Kier molecular flexibility index (Phi) is 4.48. The van der Waals surface area contributed by atoms with Crippen LogP contribution in [0.3, 0.4) is 0 Å². The van der Waals surface area contributed by atoms with E-state index in [9.17, 15) is 20.2 Å². The quantitative estimate of drug-likeness (QED) is 0.402. The van der Waals surface area contributed by atoms with Crippen LogP contribution in [0.15, 0.2) is 6.20 Å². The van der Waals surface area contributed by atoms with Crippen molar-refractivity contribution < 1.29 is 9.85 Å². The number of H-pyrrole nitrogens is 1. The first kappa shape index (κ1) is 11.6. The molecule has 0 fully saturated rings. The van der Waals surface area contributed by atoms with E-state index in [0.717, 1.165) is 6.20 Å². The fourth-order valence-electron chi connectivity index (χ4n) is 0.487. The molecule has 1 rings (SSSR count). The number of aromatic nitrogens is 2. The van der Waals surface area contributed by atoms with E-state index in [2.05, 4.69) is 4.98 Å². The molecule has 0 aliphatic carbocycles. The van der Waals surface area contributed by atoms with Gasteiger partial charge < -0.3 is 20.2 Å². The molecule has 1 N–H and O–H groups in total. The number of nitro groups is 2. The molecule has 0 atom stereocenters. The molecule has 9 heteroatoms. The first-order valence-corrected chi connectivity index (χ1v) is 2.45. The maximum atomic E-state index is 9.95. The van der Waals surface area contributed by atoms with E-state index in [1.807, 2.05) is 4.98 Å². The van der Waals surface area contributed by atoms with Crippen molar-refractivity contribution >= 4 is 63.2 Å². The Morgan fingerprint density at radius 1 is 1.33 bits per heavy atom. The van der Waals surface area contributed by atoms with Crippen LogP contribution in [0.25, 0.3) is 0 Å². The van der Waals surface area contributed by atoms with Crippen molar-refractivity contribution in [3.63, 3.8) is 0 Å². The van der Waals surface area contributed by atoms with Gasteiger partial charge in [-0.3, -0.25) is 0 Å². The maximum Gasteiger partial charge on any atom is 0.435 e. The first-order valence-electron chi connectivity index (χ1n) is 2.45. The summed E-state index contributed by atoms with van der Waals surface area (Å²) >= 11 is 0. The topological polar surface area (TPSA) is 115 Å². The minimum atomic E-state index is -0.840. The molecule has 0 aliphatic rings. The molecule has 0 unspecified atom stereocenters. The van der Waals surface area contributed by atoms with Gasteiger partial charge in [0, 0.05) is 51.4 Å². The van der Waals surface area contributed by atoms with Crippen molar-refractivity contribution in [3.05, 3.63) is 26.4 Å². The van der Waals surface area contributed by atoms with Crippen molar-refractivity contribution in [2.24, 2.45) is 0 Å². The maximum absolute atomic E-state index is 9.95. The van der Waals surface area contributed by atoms with E-state index in [4.69, 9.17) is 0 Å². The number of nitrogens with one attached hydrogen (secondary N) is 1. The SMILES string of the molecule is O=[N+]([O-])c1cnc([N+](=O)[O-])[nH]1.[K]. The van der Waals surface area contributed by atoms with Crippen LogP contribution < -0.4 is 0 Å². The molecule has 1 aromatic heterocycles. The van der Waals surface area contributed by atoms with Gasteiger partial charge in [-0.2, -0.15) is 4.98 Å². The third-order valence-corrected chi connectivity index (χ3v) is 0.919. The van der Waals surface area contributed by atoms with Crippen LogP contribution >= 0.6 is 0 Å². The molecule has 1 heterocycles. The monoisotopic (exact) mass is 197 g/mol. The summed E-state index contributed by atoms with van der Waals surface area (Å²) in [4.78, 5) is 23.3. The number of nitrogens with zero attached hydrogens (tertiary/aromatic N) is 3. The average Bonchev–Trinajstić information content (AvgIpc) is 2.33. The normalized spacial score (nSPS) is 8.67. The second-order valence-electron chi connectivity index (χ2n) is 1.61. The number of aromatic amines is 1. The van der Waals surface area contributed by atoms with Crippen molar-refractivity contribution in [1.82, 2.24) is 9.97 Å². The predicted octanol–water partition coefficient (Wildman–Crippen LogP) is -0.155. The fraction of sp³-hybridized carbons (Fsp3) is 0. The summed E-state index contributed by atoms with van der Waals surface area (Å²) in [6, 6.07) is 0. The van der Waals surface area contributed by atoms with Gasteiger partial charge in [0.15, 0.2) is 6.20 Å². The van der Waals surface area contributed by atoms with Crippen molar-refractivity contribution in [2.75, 3.05) is 0 Å². The zero-order valence-electron chi connectivity index (χ0n) is 6.05. The van der Waals surface area contributed by atoms with Gasteiger partial charge in [-0.1, -0.05) is 4.98 Å². The molecule has 0 spiro atoms. The summed E-state index contributed by atoms with van der Waals surface area (Å²) in [5.41, 5.74) is 0. The van der Waals surface area contributed by atoms with Gasteiger partial charge in [0.25, 0.3) is 0 Å². The number of rotatable bonds is 2. The van der Waals surface area contributed by atoms with E-state index in [1.54, 1.807) is 0 Å². The van der Waals surface area contributed by atoms with E-state index in [1.165, 1.54) is 0 Å². The van der Waals surface area contributed by atoms with Crippen molar-refractivity contribution in [3.8, 4) is 0 Å². The van der Waals surface area contributed by atoms with Crippen molar-refractivity contribution in [2.45, 2.75) is 0 Å². The molecule has 59 valence electrons. The summed E-state index contributed by atoms with van der Waals surface area (Å²) < 4.78 is 0. The third kappa shape index (κ3) is 2.60. The van der Waals surface area contributed by atoms with Crippen LogP contribution in [0.5, 0.6) is 0 Å². The molecular weight excluding hydrogens is 195 g/mol. The van der Waals surface area contributed by atoms with Crippen LogP contribution in [0, 0.1) is 20.2 Å². The van der Waals surface area contributed by atoms with Crippen LogP contribution in [-0.4, -0.2) is 71.2 Å². The summed E-state index contributed by atoms with van der Waals surface area (Å²) in [6.07, 6.45) is 0.790. The summed E-state index contributed by atoms with van der Waals surface area (Å²) in [6.45, 7) is 0. The smallest absolute Gasteiger partial charge is 0.390 e. The van der Waals surface area contributed by atoms with Crippen LogP contribution in [-0.2, 0) is 0 Å². The Morgan fingerprint density at radius 2 is 1.92 bits per heavy atom. The Bertz CT molecular complexity index is 281. The largest absolute Gasteiger partial charge is 0.435 e. The molecule has 12 heavy (non-hydrogen) atoms. The van der Waals surface area contributed by atoms with Gasteiger partial charge in [-0.05, 0) is 9.85 Å². The zero-order chi connectivity index (χ0) is 8.43. The minimum absolute atomic E-state index is 0. The van der Waals surface area contributed by atoms with Gasteiger partial charge in [0.1, 0.15) is 0 Å². The van der Waals surface area contributed by atoms with Gasteiger partial charge in [-0.25, -0.2) is 0 Å². The Hall–Kier alpha value is -0.354. The molecule has 8 nitrogen and oxygen atoms in total. The van der Waals surface area contributed by atoms with Crippen LogP contribution in [0.1, 0.15) is 0 Å². The summed E-state index contributed by atoms with van der Waals surface area (Å²) in [5, 5.41) is 19.9. The number of imidazole rings is 1. The van der Waals surface area contributed by atoms with Gasteiger partial charge in [0.05, 0.1) is 0 Å². The molecule has 1 radical (unpaired) electrons. The molecule has 0 bridgehead atoms. The zero-order valence-corrected chi connectivity index (χ0v) is 9.18.